The van der Waals surface area contributed by atoms with Crippen LogP contribution in [0, 0.1) is 0 Å². The number of nitrogens with zero attached hydrogens (tertiary/aromatic N) is 3. The summed E-state index contributed by atoms with van der Waals surface area (Å²) in [5.41, 5.74) is 10.0. The van der Waals surface area contributed by atoms with Crippen LogP contribution in [-0.2, 0) is 6.42 Å². The molecule has 2 N–H and O–H groups in total. The summed E-state index contributed by atoms with van der Waals surface area (Å²) in [5, 5.41) is 9.44. The monoisotopic (exact) mass is 378 g/mol. The van der Waals surface area contributed by atoms with Crippen LogP contribution in [0.5, 0.6) is 0 Å². The number of nitrogen functional groups attached to an aromatic ring is 1. The van der Waals surface area contributed by atoms with Crippen molar-refractivity contribution in [2.45, 2.75) is 26.2 Å². The summed E-state index contributed by atoms with van der Waals surface area (Å²) in [5.74, 6) is 0. The van der Waals surface area contributed by atoms with E-state index in [1.807, 2.05) is 12.1 Å². The van der Waals surface area contributed by atoms with Gasteiger partial charge < -0.3 is 5.73 Å². The number of benzene rings is 2. The number of rotatable bonds is 4. The summed E-state index contributed by atoms with van der Waals surface area (Å²) < 4.78 is 0.681. The van der Waals surface area contributed by atoms with E-state index in [1.165, 1.54) is 18.4 Å². The van der Waals surface area contributed by atoms with Gasteiger partial charge in [-0.15, -0.1) is 10.2 Å². The molecule has 0 saturated heterocycles. The SMILES string of the molecule is CCCCc1ccc(-n2nc3cc(Cl)c(N)c(Br)c3n2)cc1. The van der Waals surface area contributed by atoms with Crippen LogP contribution in [0.15, 0.2) is 34.8 Å². The number of fused-ring (bicyclic) bond motifs is 1. The number of anilines is 1. The standard InChI is InChI=1S/C16H16BrClN4/c1-2-3-4-10-5-7-11(8-6-10)22-20-13-9-12(18)15(19)14(17)16(13)21-22/h5-9H,2-4,19H2,1H3. The average molecular weight is 380 g/mol. The molecule has 0 unspecified atom stereocenters. The summed E-state index contributed by atoms with van der Waals surface area (Å²) in [6.45, 7) is 2.20. The number of hydrogen-bond acceptors (Lipinski definition) is 3. The van der Waals surface area contributed by atoms with Crippen LogP contribution in [0.4, 0.5) is 5.69 Å². The van der Waals surface area contributed by atoms with E-state index in [-0.39, 0.29) is 0 Å². The Morgan fingerprint density at radius 2 is 1.95 bits per heavy atom. The molecule has 22 heavy (non-hydrogen) atoms. The fraction of sp³-hybridized carbons (Fsp3) is 0.250. The molecule has 1 heterocycles. The predicted molar refractivity (Wildman–Crippen MR) is 94.6 cm³/mol. The van der Waals surface area contributed by atoms with Crippen molar-refractivity contribution >= 4 is 44.3 Å². The highest BCUT2D eigenvalue weighted by atomic mass is 79.9. The van der Waals surface area contributed by atoms with Gasteiger partial charge in [0.05, 0.1) is 20.9 Å². The van der Waals surface area contributed by atoms with E-state index < -0.39 is 0 Å². The van der Waals surface area contributed by atoms with Crippen LogP contribution in [0.2, 0.25) is 5.02 Å². The molecule has 3 rings (SSSR count). The van der Waals surface area contributed by atoms with Crippen LogP contribution in [0.25, 0.3) is 16.7 Å². The van der Waals surface area contributed by atoms with E-state index in [1.54, 1.807) is 10.9 Å². The number of aryl methyl sites for hydroxylation is 1. The molecule has 0 fully saturated rings. The molecule has 0 atom stereocenters. The number of unbranched alkanes of at least 4 members (excludes halogenated alkanes) is 1. The van der Waals surface area contributed by atoms with E-state index in [2.05, 4.69) is 45.2 Å². The molecular weight excluding hydrogens is 364 g/mol. The Morgan fingerprint density at radius 1 is 1.23 bits per heavy atom. The second-order valence-corrected chi connectivity index (χ2v) is 6.41. The van der Waals surface area contributed by atoms with Crippen LogP contribution >= 0.6 is 27.5 Å². The summed E-state index contributed by atoms with van der Waals surface area (Å²) in [6.07, 6.45) is 3.50. The van der Waals surface area contributed by atoms with Crippen molar-refractivity contribution in [2.24, 2.45) is 0 Å². The highest BCUT2D eigenvalue weighted by Crippen LogP contribution is 2.33. The molecule has 0 amide bonds. The van der Waals surface area contributed by atoms with Crippen LogP contribution < -0.4 is 5.73 Å². The van der Waals surface area contributed by atoms with Crippen molar-refractivity contribution in [3.8, 4) is 5.69 Å². The highest BCUT2D eigenvalue weighted by molar-refractivity contribution is 9.10. The van der Waals surface area contributed by atoms with Gasteiger partial charge in [-0.3, -0.25) is 0 Å². The zero-order valence-electron chi connectivity index (χ0n) is 12.2. The van der Waals surface area contributed by atoms with Gasteiger partial charge in [-0.05, 0) is 52.5 Å². The third kappa shape index (κ3) is 2.83. The maximum absolute atomic E-state index is 6.09. The molecule has 2 aromatic carbocycles. The molecule has 114 valence electrons. The Kier molecular flexibility index (Phi) is 4.36. The third-order valence-electron chi connectivity index (χ3n) is 3.59. The van der Waals surface area contributed by atoms with Crippen molar-refractivity contribution < 1.29 is 0 Å². The molecular formula is C16H16BrClN4. The Labute approximate surface area is 142 Å². The molecule has 0 aliphatic heterocycles. The lowest BCUT2D eigenvalue weighted by molar-refractivity contribution is 0.762. The minimum absolute atomic E-state index is 0.473. The Hall–Kier alpha value is -1.59. The van der Waals surface area contributed by atoms with Crippen molar-refractivity contribution in [2.75, 3.05) is 5.73 Å². The van der Waals surface area contributed by atoms with Gasteiger partial charge in [0.25, 0.3) is 0 Å². The second kappa shape index (κ2) is 6.26. The van der Waals surface area contributed by atoms with Gasteiger partial charge >= 0.3 is 0 Å². The van der Waals surface area contributed by atoms with Gasteiger partial charge in [-0.1, -0.05) is 37.1 Å². The predicted octanol–water partition coefficient (Wildman–Crippen LogP) is 4.76. The van der Waals surface area contributed by atoms with E-state index in [0.717, 1.165) is 12.1 Å². The molecule has 0 aliphatic rings. The van der Waals surface area contributed by atoms with E-state index in [0.29, 0.717) is 26.2 Å². The fourth-order valence-electron chi connectivity index (χ4n) is 2.29. The normalized spacial score (nSPS) is 11.2. The van der Waals surface area contributed by atoms with Gasteiger partial charge in [-0.25, -0.2) is 0 Å². The average Bonchev–Trinajstić information content (AvgIpc) is 2.95. The van der Waals surface area contributed by atoms with Crippen LogP contribution in [-0.4, -0.2) is 15.0 Å². The minimum atomic E-state index is 0.473. The first-order chi connectivity index (χ1) is 10.6. The lowest BCUT2D eigenvalue weighted by atomic mass is 10.1. The lowest BCUT2D eigenvalue weighted by Gasteiger charge is -2.02. The fourth-order valence-corrected chi connectivity index (χ4v) is 3.10. The second-order valence-electron chi connectivity index (χ2n) is 5.21. The maximum atomic E-state index is 6.09. The van der Waals surface area contributed by atoms with Crippen molar-refractivity contribution in [1.29, 1.82) is 0 Å². The molecule has 0 spiro atoms. The van der Waals surface area contributed by atoms with E-state index >= 15 is 0 Å². The minimum Gasteiger partial charge on any atom is -0.397 e. The molecule has 1 aromatic heterocycles. The Morgan fingerprint density at radius 3 is 2.64 bits per heavy atom. The molecule has 0 aliphatic carbocycles. The number of halogens is 2. The zero-order valence-corrected chi connectivity index (χ0v) is 14.5. The first kappa shape index (κ1) is 15.3. The highest BCUT2D eigenvalue weighted by Gasteiger charge is 2.13. The molecule has 0 radical (unpaired) electrons. The molecule has 0 saturated carbocycles. The summed E-state index contributed by atoms with van der Waals surface area (Å²) in [6, 6.07) is 10.0. The quantitative estimate of drug-likeness (QED) is 0.665. The summed E-state index contributed by atoms with van der Waals surface area (Å²) in [7, 11) is 0. The Bertz CT molecular complexity index is 811. The molecule has 3 aromatic rings. The van der Waals surface area contributed by atoms with E-state index in [4.69, 9.17) is 17.3 Å². The smallest absolute Gasteiger partial charge is 0.130 e. The maximum Gasteiger partial charge on any atom is 0.130 e. The summed E-state index contributed by atoms with van der Waals surface area (Å²) >= 11 is 9.52. The number of hydrogen-bond donors (Lipinski definition) is 1. The molecule has 6 heteroatoms. The van der Waals surface area contributed by atoms with Gasteiger partial charge in [0.1, 0.15) is 11.0 Å². The van der Waals surface area contributed by atoms with Crippen molar-refractivity contribution in [3.05, 3.63) is 45.4 Å². The third-order valence-corrected chi connectivity index (χ3v) is 4.71. The molecule has 4 nitrogen and oxygen atoms in total. The van der Waals surface area contributed by atoms with Crippen LogP contribution in [0.1, 0.15) is 25.3 Å². The zero-order chi connectivity index (χ0) is 15.7. The number of aromatic nitrogens is 3. The first-order valence-corrected chi connectivity index (χ1v) is 8.37. The van der Waals surface area contributed by atoms with Gasteiger partial charge in [0.2, 0.25) is 0 Å². The largest absolute Gasteiger partial charge is 0.397 e. The van der Waals surface area contributed by atoms with Gasteiger partial charge in [-0.2, -0.15) is 4.80 Å². The molecule has 0 bridgehead atoms. The lowest BCUT2D eigenvalue weighted by Crippen LogP contribution is -1.98. The topological polar surface area (TPSA) is 56.7 Å². The number of nitrogens with two attached hydrogens (primary N) is 1. The van der Waals surface area contributed by atoms with Crippen molar-refractivity contribution in [1.82, 2.24) is 15.0 Å². The van der Waals surface area contributed by atoms with Gasteiger partial charge in [0, 0.05) is 0 Å². The first-order valence-electron chi connectivity index (χ1n) is 7.20. The van der Waals surface area contributed by atoms with E-state index in [9.17, 15) is 0 Å². The Balaban J connectivity index is 1.98. The van der Waals surface area contributed by atoms with Crippen molar-refractivity contribution in [3.63, 3.8) is 0 Å². The van der Waals surface area contributed by atoms with Crippen LogP contribution in [0.3, 0.4) is 0 Å². The van der Waals surface area contributed by atoms with Gasteiger partial charge in [0.15, 0.2) is 0 Å². The summed E-state index contributed by atoms with van der Waals surface area (Å²) in [4.78, 5) is 1.61.